The van der Waals surface area contributed by atoms with Gasteiger partial charge < -0.3 is 14.5 Å². The summed E-state index contributed by atoms with van der Waals surface area (Å²) in [6.45, 7) is 1.44. The Bertz CT molecular complexity index is 1310. The van der Waals surface area contributed by atoms with Crippen LogP contribution >= 0.6 is 11.6 Å². The minimum absolute atomic E-state index is 0.0964. The van der Waals surface area contributed by atoms with Crippen LogP contribution in [0.5, 0.6) is 0 Å². The predicted molar refractivity (Wildman–Crippen MR) is 129 cm³/mol. The molecule has 0 saturated heterocycles. The molecule has 0 N–H and O–H groups in total. The quantitative estimate of drug-likeness (QED) is 0.303. The molecule has 0 bridgehead atoms. The van der Waals surface area contributed by atoms with Gasteiger partial charge in [0.25, 0.3) is 0 Å². The van der Waals surface area contributed by atoms with Gasteiger partial charge in [-0.3, -0.25) is 4.79 Å². The molecule has 1 aliphatic rings. The van der Waals surface area contributed by atoms with Crippen LogP contribution in [-0.4, -0.2) is 42.2 Å². The van der Waals surface area contributed by atoms with Gasteiger partial charge in [0, 0.05) is 14.1 Å². The van der Waals surface area contributed by atoms with Crippen molar-refractivity contribution in [1.82, 2.24) is 9.78 Å². The van der Waals surface area contributed by atoms with Crippen molar-refractivity contribution >= 4 is 34.7 Å². The van der Waals surface area contributed by atoms with E-state index in [1.165, 1.54) is 4.68 Å². The summed E-state index contributed by atoms with van der Waals surface area (Å²) in [6.07, 6.45) is 0. The van der Waals surface area contributed by atoms with Crippen LogP contribution in [0.3, 0.4) is 0 Å². The molecule has 9 heteroatoms. The number of fused-ring (bicyclic) bond motifs is 1. The molecule has 8 nitrogen and oxygen atoms in total. The summed E-state index contributed by atoms with van der Waals surface area (Å²) >= 11 is 6.41. The second-order valence-electron chi connectivity index (χ2n) is 7.81. The van der Waals surface area contributed by atoms with E-state index >= 15 is 0 Å². The highest BCUT2D eigenvalue weighted by Gasteiger charge is 2.32. The number of Topliss-reactive ketones (excluding diaryl/α,β-unsaturated/α-hetero) is 1. The molecular formula is C25H22ClN5O3. The average molecular weight is 476 g/mol. The first kappa shape index (κ1) is 23.1. The van der Waals surface area contributed by atoms with Gasteiger partial charge in [0.15, 0.2) is 6.61 Å². The molecule has 4 rings (SSSR count). The van der Waals surface area contributed by atoms with Gasteiger partial charge in [-0.15, -0.1) is 0 Å². The van der Waals surface area contributed by atoms with Crippen molar-refractivity contribution in [3.8, 4) is 6.07 Å². The molecule has 2 heterocycles. The SMILES string of the molecule is Cc1nn(Cc2ccccc2)c(Cl)c1C(=O)OCC(=O)C(C#N)=C1N(C)c2ccccc2N1C. The fourth-order valence-electron chi connectivity index (χ4n) is 3.98. The van der Waals surface area contributed by atoms with E-state index < -0.39 is 18.4 Å². The lowest BCUT2D eigenvalue weighted by Gasteiger charge is -2.19. The fraction of sp³-hybridized carbons (Fsp3) is 0.200. The van der Waals surface area contributed by atoms with Crippen molar-refractivity contribution in [2.45, 2.75) is 13.5 Å². The molecule has 0 atom stereocenters. The number of carbonyl (C=O) groups excluding carboxylic acids is 2. The number of nitriles is 1. The van der Waals surface area contributed by atoms with Crippen molar-refractivity contribution < 1.29 is 14.3 Å². The molecule has 0 aliphatic carbocycles. The molecule has 1 aliphatic heterocycles. The van der Waals surface area contributed by atoms with Crippen LogP contribution in [0.2, 0.25) is 5.15 Å². The van der Waals surface area contributed by atoms with E-state index in [1.54, 1.807) is 30.8 Å². The Labute approximate surface area is 202 Å². The molecule has 34 heavy (non-hydrogen) atoms. The normalized spacial score (nSPS) is 12.4. The first-order chi connectivity index (χ1) is 16.3. The number of para-hydroxylation sites is 2. The number of hydrogen-bond acceptors (Lipinski definition) is 7. The third kappa shape index (κ3) is 4.14. The van der Waals surface area contributed by atoms with Crippen LogP contribution in [0, 0.1) is 18.3 Å². The number of aromatic nitrogens is 2. The molecule has 0 unspecified atom stereocenters. The smallest absolute Gasteiger partial charge is 0.343 e. The number of anilines is 2. The van der Waals surface area contributed by atoms with Crippen LogP contribution < -0.4 is 9.80 Å². The van der Waals surface area contributed by atoms with E-state index in [9.17, 15) is 14.9 Å². The largest absolute Gasteiger partial charge is 0.454 e. The van der Waals surface area contributed by atoms with Gasteiger partial charge in [-0.2, -0.15) is 10.4 Å². The number of halogens is 1. The van der Waals surface area contributed by atoms with Crippen LogP contribution in [0.25, 0.3) is 0 Å². The minimum atomic E-state index is -0.770. The highest BCUT2D eigenvalue weighted by molar-refractivity contribution is 6.32. The van der Waals surface area contributed by atoms with Crippen molar-refractivity contribution in [2.24, 2.45) is 0 Å². The Morgan fingerprint density at radius 3 is 2.21 bits per heavy atom. The maximum Gasteiger partial charge on any atom is 0.343 e. The van der Waals surface area contributed by atoms with E-state index in [1.807, 2.05) is 60.7 Å². The highest BCUT2D eigenvalue weighted by atomic mass is 35.5. The van der Waals surface area contributed by atoms with Gasteiger partial charge in [-0.05, 0) is 24.6 Å². The Morgan fingerprint density at radius 1 is 1.03 bits per heavy atom. The lowest BCUT2D eigenvalue weighted by atomic mass is 10.2. The van der Waals surface area contributed by atoms with Crippen molar-refractivity contribution in [3.05, 3.63) is 88.0 Å². The standard InChI is InChI=1S/C25H22ClN5O3/c1-16-22(23(26)31(28-16)14-17-9-5-4-6-10-17)25(33)34-15-21(32)18(13-27)24-29(2)19-11-7-8-12-20(19)30(24)3/h4-12H,14-15H2,1-3H3. The molecule has 0 radical (unpaired) electrons. The predicted octanol–water partition coefficient (Wildman–Crippen LogP) is 3.94. The highest BCUT2D eigenvalue weighted by Crippen LogP contribution is 2.40. The molecule has 0 amide bonds. The molecular weight excluding hydrogens is 454 g/mol. The zero-order chi connectivity index (χ0) is 24.4. The number of rotatable bonds is 6. The first-order valence-corrected chi connectivity index (χ1v) is 10.9. The summed E-state index contributed by atoms with van der Waals surface area (Å²) in [5.41, 5.74) is 3.09. The number of ketones is 1. The van der Waals surface area contributed by atoms with E-state index in [2.05, 4.69) is 5.10 Å². The third-order valence-electron chi connectivity index (χ3n) is 5.63. The zero-order valence-corrected chi connectivity index (χ0v) is 19.7. The lowest BCUT2D eigenvalue weighted by molar-refractivity contribution is -0.118. The maximum absolute atomic E-state index is 12.9. The monoisotopic (exact) mass is 475 g/mol. The Hall–Kier alpha value is -4.09. The number of benzene rings is 2. The van der Waals surface area contributed by atoms with Crippen molar-refractivity contribution in [3.63, 3.8) is 0 Å². The second kappa shape index (κ2) is 9.41. The van der Waals surface area contributed by atoms with E-state index in [0.717, 1.165) is 16.9 Å². The summed E-state index contributed by atoms with van der Waals surface area (Å²) in [7, 11) is 3.55. The molecule has 0 spiro atoms. The van der Waals surface area contributed by atoms with E-state index in [-0.39, 0.29) is 16.3 Å². The molecule has 0 saturated carbocycles. The number of ether oxygens (including phenoxy) is 1. The summed E-state index contributed by atoms with van der Waals surface area (Å²) in [4.78, 5) is 29.2. The zero-order valence-electron chi connectivity index (χ0n) is 18.9. The Morgan fingerprint density at radius 2 is 1.62 bits per heavy atom. The third-order valence-corrected chi connectivity index (χ3v) is 6.02. The van der Waals surface area contributed by atoms with Crippen molar-refractivity contribution in [1.29, 1.82) is 5.26 Å². The molecule has 0 fully saturated rings. The molecule has 172 valence electrons. The Balaban J connectivity index is 1.51. The topological polar surface area (TPSA) is 91.5 Å². The number of esters is 1. The summed E-state index contributed by atoms with van der Waals surface area (Å²) < 4.78 is 6.76. The van der Waals surface area contributed by atoms with Gasteiger partial charge in [0.2, 0.25) is 5.78 Å². The Kier molecular flexibility index (Phi) is 6.39. The van der Waals surface area contributed by atoms with Crippen molar-refractivity contribution in [2.75, 3.05) is 30.5 Å². The van der Waals surface area contributed by atoms with Gasteiger partial charge in [-0.25, -0.2) is 9.48 Å². The van der Waals surface area contributed by atoms with Gasteiger partial charge in [0.05, 0.1) is 23.6 Å². The lowest BCUT2D eigenvalue weighted by Crippen LogP contribution is -2.28. The number of nitrogens with zero attached hydrogens (tertiary/aromatic N) is 5. The number of carbonyl (C=O) groups is 2. The summed E-state index contributed by atoms with van der Waals surface area (Å²) in [5.74, 6) is -0.952. The maximum atomic E-state index is 12.9. The van der Waals surface area contributed by atoms with Gasteiger partial charge in [-0.1, -0.05) is 54.1 Å². The van der Waals surface area contributed by atoms with E-state index in [4.69, 9.17) is 16.3 Å². The van der Waals surface area contributed by atoms with Crippen LogP contribution in [0.4, 0.5) is 11.4 Å². The van der Waals surface area contributed by atoms with Gasteiger partial charge >= 0.3 is 5.97 Å². The summed E-state index contributed by atoms with van der Waals surface area (Å²) in [6, 6.07) is 19.1. The van der Waals surface area contributed by atoms with Crippen LogP contribution in [0.1, 0.15) is 21.6 Å². The minimum Gasteiger partial charge on any atom is -0.454 e. The van der Waals surface area contributed by atoms with Gasteiger partial charge in [0.1, 0.15) is 28.2 Å². The average Bonchev–Trinajstić information content (AvgIpc) is 3.26. The van der Waals surface area contributed by atoms with Crippen LogP contribution in [0.15, 0.2) is 66.0 Å². The van der Waals surface area contributed by atoms with E-state index in [0.29, 0.717) is 18.1 Å². The first-order valence-electron chi connectivity index (χ1n) is 10.5. The number of aryl methyl sites for hydroxylation is 1. The molecule has 2 aromatic carbocycles. The molecule has 1 aromatic heterocycles. The fourth-order valence-corrected chi connectivity index (χ4v) is 4.29. The number of hydrogen-bond donors (Lipinski definition) is 0. The summed E-state index contributed by atoms with van der Waals surface area (Å²) in [5, 5.41) is 14.2. The molecule has 3 aromatic rings. The van der Waals surface area contributed by atoms with Crippen LogP contribution in [-0.2, 0) is 16.1 Å². The second-order valence-corrected chi connectivity index (χ2v) is 8.17.